The van der Waals surface area contributed by atoms with Crippen LogP contribution in [0.2, 0.25) is 0 Å². The molecule has 0 aliphatic rings. The zero-order valence-corrected chi connectivity index (χ0v) is 16.5. The van der Waals surface area contributed by atoms with E-state index < -0.39 is 0 Å². The van der Waals surface area contributed by atoms with Gasteiger partial charge in [-0.05, 0) is 63.6 Å². The third kappa shape index (κ3) is 6.02. The summed E-state index contributed by atoms with van der Waals surface area (Å²) >= 11 is 0. The molecule has 0 heterocycles. The normalized spacial score (nSPS) is 10.4. The van der Waals surface area contributed by atoms with Gasteiger partial charge in [0.2, 0.25) is 0 Å². The first kappa shape index (κ1) is 20.3. The largest absolute Gasteiger partial charge is 0.484 e. The Labute approximate surface area is 160 Å². The number of anilines is 2. The molecule has 2 N–H and O–H groups in total. The molecular formula is C21H27N3O3. The number of nitrogens with zero attached hydrogens (tertiary/aromatic N) is 1. The van der Waals surface area contributed by atoms with Crippen LogP contribution in [0.4, 0.5) is 16.2 Å². The van der Waals surface area contributed by atoms with Crippen LogP contribution in [0.25, 0.3) is 0 Å². The molecule has 144 valence electrons. The molecule has 0 radical (unpaired) electrons. The Hall–Kier alpha value is -3.02. The Morgan fingerprint density at radius 3 is 2.33 bits per heavy atom. The number of carbonyl (C=O) groups is 2. The van der Waals surface area contributed by atoms with Crippen LogP contribution < -0.4 is 20.3 Å². The maximum Gasteiger partial charge on any atom is 0.321 e. The minimum Gasteiger partial charge on any atom is -0.484 e. The molecule has 6 heteroatoms. The summed E-state index contributed by atoms with van der Waals surface area (Å²) in [6.45, 7) is 7.69. The molecule has 0 saturated heterocycles. The fourth-order valence-electron chi connectivity index (χ4n) is 2.52. The van der Waals surface area contributed by atoms with Crippen molar-refractivity contribution in [3.63, 3.8) is 0 Å². The van der Waals surface area contributed by atoms with Gasteiger partial charge in [-0.2, -0.15) is 0 Å². The number of hydrogen-bond donors (Lipinski definition) is 2. The lowest BCUT2D eigenvalue weighted by Gasteiger charge is -2.20. The first-order chi connectivity index (χ1) is 12.8. The Morgan fingerprint density at radius 2 is 1.74 bits per heavy atom. The van der Waals surface area contributed by atoms with E-state index in [1.165, 1.54) is 4.90 Å². The van der Waals surface area contributed by atoms with E-state index in [0.717, 1.165) is 22.5 Å². The molecule has 0 saturated carbocycles. The first-order valence-corrected chi connectivity index (χ1v) is 8.90. The van der Waals surface area contributed by atoms with Gasteiger partial charge >= 0.3 is 6.03 Å². The van der Waals surface area contributed by atoms with Gasteiger partial charge < -0.3 is 15.4 Å². The molecule has 0 spiro atoms. The van der Waals surface area contributed by atoms with E-state index in [2.05, 4.69) is 10.6 Å². The predicted molar refractivity (Wildman–Crippen MR) is 109 cm³/mol. The average molecular weight is 369 g/mol. The Morgan fingerprint density at radius 1 is 1.07 bits per heavy atom. The summed E-state index contributed by atoms with van der Waals surface area (Å²) in [4.78, 5) is 25.6. The number of urea groups is 1. The summed E-state index contributed by atoms with van der Waals surface area (Å²) in [6, 6.07) is 12.8. The molecule has 2 rings (SSSR count). The Kier molecular flexibility index (Phi) is 6.82. The van der Waals surface area contributed by atoms with Gasteiger partial charge in [-0.25, -0.2) is 4.79 Å². The second-order valence-corrected chi connectivity index (χ2v) is 6.81. The zero-order chi connectivity index (χ0) is 20.0. The minimum absolute atomic E-state index is 0.0678. The zero-order valence-electron chi connectivity index (χ0n) is 16.5. The van der Waals surface area contributed by atoms with Crippen molar-refractivity contribution in [2.45, 2.75) is 33.7 Å². The third-order valence-corrected chi connectivity index (χ3v) is 3.97. The lowest BCUT2D eigenvalue weighted by atomic mass is 10.1. The second-order valence-electron chi connectivity index (χ2n) is 6.81. The molecule has 6 nitrogen and oxygen atoms in total. The summed E-state index contributed by atoms with van der Waals surface area (Å²) < 4.78 is 5.53. The molecule has 0 aliphatic heterocycles. The summed E-state index contributed by atoms with van der Waals surface area (Å²) in [5, 5.41) is 5.67. The van der Waals surface area contributed by atoms with Crippen molar-refractivity contribution >= 4 is 23.3 Å². The molecule has 2 aromatic carbocycles. The molecule has 2 aromatic rings. The topological polar surface area (TPSA) is 70.7 Å². The maximum absolute atomic E-state index is 12.1. The third-order valence-electron chi connectivity index (χ3n) is 3.97. The molecule has 27 heavy (non-hydrogen) atoms. The summed E-state index contributed by atoms with van der Waals surface area (Å²) in [5.74, 6) is 0.339. The van der Waals surface area contributed by atoms with Crippen molar-refractivity contribution < 1.29 is 14.3 Å². The van der Waals surface area contributed by atoms with Gasteiger partial charge in [-0.1, -0.05) is 17.7 Å². The average Bonchev–Trinajstić information content (AvgIpc) is 2.61. The van der Waals surface area contributed by atoms with E-state index in [0.29, 0.717) is 5.75 Å². The quantitative estimate of drug-likeness (QED) is 0.812. The molecule has 3 amide bonds. The maximum atomic E-state index is 12.1. The highest BCUT2D eigenvalue weighted by Gasteiger charge is 2.12. The number of benzene rings is 2. The first-order valence-electron chi connectivity index (χ1n) is 8.90. The molecular weight excluding hydrogens is 342 g/mol. The lowest BCUT2D eigenvalue weighted by molar-refractivity contribution is -0.118. The SMILES string of the molecule is Cc1ccc(NC(=O)COc2ccc(N(C)C(=O)NC(C)C)cc2)c(C)c1. The second kappa shape index (κ2) is 9.07. The van der Waals surface area contributed by atoms with E-state index in [9.17, 15) is 9.59 Å². The fourth-order valence-corrected chi connectivity index (χ4v) is 2.52. The number of hydrogen-bond acceptors (Lipinski definition) is 3. The predicted octanol–water partition coefficient (Wildman–Crippen LogP) is 3.88. The van der Waals surface area contributed by atoms with E-state index in [-0.39, 0.29) is 24.6 Å². The summed E-state index contributed by atoms with van der Waals surface area (Å²) in [7, 11) is 1.70. The van der Waals surface area contributed by atoms with Crippen LogP contribution >= 0.6 is 0 Å². The minimum atomic E-state index is -0.223. The van der Waals surface area contributed by atoms with Crippen molar-refractivity contribution in [2.75, 3.05) is 23.9 Å². The fraction of sp³-hybridized carbons (Fsp3) is 0.333. The van der Waals surface area contributed by atoms with Crippen molar-refractivity contribution in [1.82, 2.24) is 5.32 Å². The number of rotatable bonds is 6. The van der Waals surface area contributed by atoms with E-state index >= 15 is 0 Å². The van der Waals surface area contributed by atoms with Gasteiger partial charge in [0.05, 0.1) is 0 Å². The number of ether oxygens (including phenoxy) is 1. The molecule has 0 aromatic heterocycles. The highest BCUT2D eigenvalue weighted by molar-refractivity contribution is 5.93. The lowest BCUT2D eigenvalue weighted by Crippen LogP contribution is -2.40. The van der Waals surface area contributed by atoms with Gasteiger partial charge in [-0.15, -0.1) is 0 Å². The van der Waals surface area contributed by atoms with E-state index in [1.54, 1.807) is 31.3 Å². The molecule has 0 bridgehead atoms. The summed E-state index contributed by atoms with van der Waals surface area (Å²) in [5.41, 5.74) is 3.67. The van der Waals surface area contributed by atoms with Gasteiger partial charge in [-0.3, -0.25) is 9.69 Å². The molecule has 0 atom stereocenters. The number of amides is 3. The highest BCUT2D eigenvalue weighted by atomic mass is 16.5. The molecule has 0 unspecified atom stereocenters. The molecule has 0 aliphatic carbocycles. The van der Waals surface area contributed by atoms with Crippen LogP contribution in [-0.2, 0) is 4.79 Å². The standard InChI is InChI=1S/C21H27N3O3/c1-14(2)22-21(26)24(5)17-7-9-18(10-8-17)27-13-20(25)23-19-11-6-15(3)12-16(19)4/h6-12,14H,13H2,1-5H3,(H,22,26)(H,23,25). The van der Waals surface area contributed by atoms with Crippen molar-refractivity contribution in [2.24, 2.45) is 0 Å². The van der Waals surface area contributed by atoms with Gasteiger partial charge in [0.1, 0.15) is 5.75 Å². The van der Waals surface area contributed by atoms with Crippen LogP contribution in [0.3, 0.4) is 0 Å². The van der Waals surface area contributed by atoms with Gasteiger partial charge in [0.25, 0.3) is 5.91 Å². The van der Waals surface area contributed by atoms with Crippen LogP contribution in [-0.4, -0.2) is 31.6 Å². The van der Waals surface area contributed by atoms with E-state index in [4.69, 9.17) is 4.74 Å². The summed E-state index contributed by atoms with van der Waals surface area (Å²) in [6.07, 6.45) is 0. The van der Waals surface area contributed by atoms with E-state index in [1.807, 2.05) is 45.9 Å². The van der Waals surface area contributed by atoms with Gasteiger partial charge in [0, 0.05) is 24.5 Å². The van der Waals surface area contributed by atoms with Crippen LogP contribution in [0.1, 0.15) is 25.0 Å². The highest BCUT2D eigenvalue weighted by Crippen LogP contribution is 2.19. The molecule has 0 fully saturated rings. The van der Waals surface area contributed by atoms with Crippen molar-refractivity contribution in [3.05, 3.63) is 53.6 Å². The number of carbonyl (C=O) groups excluding carboxylic acids is 2. The Bertz CT molecular complexity index is 801. The monoisotopic (exact) mass is 369 g/mol. The van der Waals surface area contributed by atoms with Crippen LogP contribution in [0, 0.1) is 13.8 Å². The number of nitrogens with one attached hydrogen (secondary N) is 2. The van der Waals surface area contributed by atoms with Crippen LogP contribution in [0.15, 0.2) is 42.5 Å². The van der Waals surface area contributed by atoms with Gasteiger partial charge in [0.15, 0.2) is 6.61 Å². The van der Waals surface area contributed by atoms with Crippen molar-refractivity contribution in [3.8, 4) is 5.75 Å². The van der Waals surface area contributed by atoms with Crippen molar-refractivity contribution in [1.29, 1.82) is 0 Å². The Balaban J connectivity index is 1.89. The smallest absolute Gasteiger partial charge is 0.321 e. The van der Waals surface area contributed by atoms with Crippen LogP contribution in [0.5, 0.6) is 5.75 Å². The number of aryl methyl sites for hydroxylation is 2.